The van der Waals surface area contributed by atoms with Gasteiger partial charge >= 0.3 is 0 Å². The van der Waals surface area contributed by atoms with E-state index < -0.39 is 0 Å². The molecule has 4 aliphatic rings. The van der Waals surface area contributed by atoms with Crippen LogP contribution in [0.25, 0.3) is 11.1 Å². The summed E-state index contributed by atoms with van der Waals surface area (Å²) >= 11 is 0. The quantitative estimate of drug-likeness (QED) is 0.230. The van der Waals surface area contributed by atoms with Gasteiger partial charge in [-0.2, -0.15) is 0 Å². The Labute approximate surface area is 219 Å². The first kappa shape index (κ1) is 21.6. The lowest BCUT2D eigenvalue weighted by Crippen LogP contribution is -2.57. The van der Waals surface area contributed by atoms with Crippen LogP contribution in [0.5, 0.6) is 23.0 Å². The van der Waals surface area contributed by atoms with Crippen LogP contribution >= 0.6 is 0 Å². The van der Waals surface area contributed by atoms with Gasteiger partial charge in [0.1, 0.15) is 23.0 Å². The van der Waals surface area contributed by atoms with Gasteiger partial charge in [-0.1, -0.05) is 71.0 Å². The van der Waals surface area contributed by atoms with Crippen molar-refractivity contribution in [1.82, 2.24) is 0 Å². The summed E-state index contributed by atoms with van der Waals surface area (Å²) in [6.07, 6.45) is 3.64. The molecule has 37 heavy (non-hydrogen) atoms. The monoisotopic (exact) mass is 482 g/mol. The molecule has 0 bridgehead atoms. The van der Waals surface area contributed by atoms with Gasteiger partial charge in [-0.05, 0) is 98.8 Å². The molecule has 4 aromatic carbocycles. The molecule has 0 fully saturated rings. The van der Waals surface area contributed by atoms with Crippen LogP contribution in [0.3, 0.4) is 0 Å². The van der Waals surface area contributed by atoms with Crippen LogP contribution in [-0.4, -0.2) is 6.71 Å². The molecule has 0 atom stereocenters. The lowest BCUT2D eigenvalue weighted by Gasteiger charge is -2.34. The molecular weight excluding hydrogens is 451 g/mol. The number of benzene rings is 4. The number of rotatable bonds is 0. The molecule has 0 saturated heterocycles. The summed E-state index contributed by atoms with van der Waals surface area (Å²) in [7, 11) is 0. The van der Waals surface area contributed by atoms with Crippen molar-refractivity contribution in [2.45, 2.75) is 64.7 Å². The highest BCUT2D eigenvalue weighted by Gasteiger charge is 2.44. The predicted molar refractivity (Wildman–Crippen MR) is 152 cm³/mol. The molecule has 0 radical (unpaired) electrons. The van der Waals surface area contributed by atoms with Crippen molar-refractivity contribution in [3.63, 3.8) is 0 Å². The van der Waals surface area contributed by atoms with E-state index in [1.165, 1.54) is 63.6 Å². The first-order chi connectivity index (χ1) is 17.7. The van der Waals surface area contributed by atoms with Crippen molar-refractivity contribution in [3.05, 3.63) is 88.5 Å². The van der Waals surface area contributed by atoms with Crippen LogP contribution in [0.2, 0.25) is 0 Å². The molecule has 0 aromatic heterocycles. The van der Waals surface area contributed by atoms with Crippen molar-refractivity contribution in [2.75, 3.05) is 0 Å². The molecule has 0 amide bonds. The van der Waals surface area contributed by atoms with E-state index >= 15 is 0 Å². The standard InChI is InChI=1S/C34H31BO2/c1-33(2,3)20-13-15-27-25(16-20)35-26-18-24-22(17-30(26)37-29-11-7-10-28(36-27)32(29)35)31-21-9-6-8-19(21)12-14-23(31)34(24,4)5/h7,10-18H,6,8-9H2,1-5H3. The smallest absolute Gasteiger partial charge is 0.260 e. The molecule has 0 unspecified atom stereocenters. The summed E-state index contributed by atoms with van der Waals surface area (Å²) in [4.78, 5) is 0. The van der Waals surface area contributed by atoms with E-state index in [-0.39, 0.29) is 17.5 Å². The molecule has 2 heterocycles. The van der Waals surface area contributed by atoms with Gasteiger partial charge in [0.25, 0.3) is 6.71 Å². The van der Waals surface area contributed by atoms with Crippen molar-refractivity contribution < 1.29 is 9.47 Å². The number of ether oxygens (including phenoxy) is 2. The first-order valence-corrected chi connectivity index (χ1v) is 13.7. The van der Waals surface area contributed by atoms with Gasteiger partial charge in [-0.25, -0.2) is 0 Å². The fraction of sp³-hybridized carbons (Fsp3) is 0.294. The molecule has 2 aliphatic carbocycles. The van der Waals surface area contributed by atoms with E-state index in [0.29, 0.717) is 0 Å². The normalized spacial score (nSPS) is 17.1. The fourth-order valence-electron chi connectivity index (χ4n) is 7.31. The summed E-state index contributed by atoms with van der Waals surface area (Å²) in [5.74, 6) is 3.76. The molecular formula is C34H31BO2. The molecule has 182 valence electrons. The van der Waals surface area contributed by atoms with Crippen molar-refractivity contribution >= 4 is 23.1 Å². The minimum Gasteiger partial charge on any atom is -0.458 e. The minimum atomic E-state index is -0.0433. The second kappa shape index (κ2) is 6.89. The Morgan fingerprint density at radius 2 is 1.51 bits per heavy atom. The highest BCUT2D eigenvalue weighted by Crippen LogP contribution is 2.53. The highest BCUT2D eigenvalue weighted by molar-refractivity contribution is 6.98. The van der Waals surface area contributed by atoms with Crippen LogP contribution < -0.4 is 25.9 Å². The van der Waals surface area contributed by atoms with Crippen LogP contribution in [0.4, 0.5) is 0 Å². The van der Waals surface area contributed by atoms with Crippen LogP contribution in [-0.2, 0) is 23.7 Å². The van der Waals surface area contributed by atoms with Crippen LogP contribution in [0.15, 0.2) is 60.7 Å². The van der Waals surface area contributed by atoms with Crippen LogP contribution in [0, 0.1) is 0 Å². The zero-order valence-electron chi connectivity index (χ0n) is 22.3. The SMILES string of the molecule is CC(C)(C)c1ccc2c(c1)B1c3cc4c(cc3Oc3cccc(c31)O2)-c1c(ccc2c1CCC2)C4(C)C. The van der Waals surface area contributed by atoms with E-state index in [1.54, 1.807) is 5.56 Å². The topological polar surface area (TPSA) is 18.5 Å². The molecule has 0 saturated carbocycles. The lowest BCUT2D eigenvalue weighted by molar-refractivity contribution is 0.464. The minimum absolute atomic E-state index is 0.0433. The lowest BCUT2D eigenvalue weighted by atomic mass is 9.34. The van der Waals surface area contributed by atoms with Gasteiger partial charge in [0.05, 0.1) is 0 Å². The Kier molecular flexibility index (Phi) is 4.03. The third-order valence-corrected chi connectivity index (χ3v) is 9.30. The second-order valence-electron chi connectivity index (χ2n) is 12.8. The van der Waals surface area contributed by atoms with E-state index in [9.17, 15) is 0 Å². The summed E-state index contributed by atoms with van der Waals surface area (Å²) in [6.45, 7) is 11.7. The number of fused-ring (bicyclic) bond motifs is 9. The third-order valence-electron chi connectivity index (χ3n) is 9.30. The van der Waals surface area contributed by atoms with Gasteiger partial charge in [0.15, 0.2) is 0 Å². The molecule has 2 nitrogen and oxygen atoms in total. The number of hydrogen-bond acceptors (Lipinski definition) is 2. The number of hydrogen-bond donors (Lipinski definition) is 0. The maximum Gasteiger partial charge on any atom is 0.260 e. The van der Waals surface area contributed by atoms with E-state index in [2.05, 4.69) is 89.2 Å². The van der Waals surface area contributed by atoms with Crippen molar-refractivity contribution in [1.29, 1.82) is 0 Å². The van der Waals surface area contributed by atoms with Gasteiger partial charge in [0.2, 0.25) is 0 Å². The van der Waals surface area contributed by atoms with E-state index in [4.69, 9.17) is 9.47 Å². The Hall–Kier alpha value is -3.46. The van der Waals surface area contributed by atoms with Crippen LogP contribution in [0.1, 0.15) is 68.9 Å². The molecule has 3 heteroatoms. The van der Waals surface area contributed by atoms with Gasteiger partial charge in [-0.15, -0.1) is 0 Å². The Morgan fingerprint density at radius 1 is 0.757 bits per heavy atom. The summed E-state index contributed by atoms with van der Waals surface area (Å²) in [5.41, 5.74) is 13.8. The van der Waals surface area contributed by atoms with Gasteiger partial charge in [0, 0.05) is 10.9 Å². The van der Waals surface area contributed by atoms with Crippen molar-refractivity contribution in [3.8, 4) is 34.1 Å². The zero-order valence-corrected chi connectivity index (χ0v) is 22.3. The van der Waals surface area contributed by atoms with Crippen molar-refractivity contribution in [2.24, 2.45) is 0 Å². The first-order valence-electron chi connectivity index (χ1n) is 13.7. The Balaban J connectivity index is 1.40. The molecule has 0 N–H and O–H groups in total. The molecule has 8 rings (SSSR count). The third kappa shape index (κ3) is 2.78. The fourth-order valence-corrected chi connectivity index (χ4v) is 7.31. The maximum atomic E-state index is 6.68. The number of aryl methyl sites for hydroxylation is 1. The Bertz CT molecular complexity index is 1670. The van der Waals surface area contributed by atoms with E-state index in [1.807, 2.05) is 6.07 Å². The largest absolute Gasteiger partial charge is 0.458 e. The van der Waals surface area contributed by atoms with Gasteiger partial charge in [-0.3, -0.25) is 0 Å². The predicted octanol–water partition coefficient (Wildman–Crippen LogP) is 6.51. The maximum absolute atomic E-state index is 6.68. The second-order valence-corrected chi connectivity index (χ2v) is 12.8. The average molecular weight is 482 g/mol. The summed E-state index contributed by atoms with van der Waals surface area (Å²) in [5, 5.41) is 0. The molecule has 0 spiro atoms. The average Bonchev–Trinajstić information content (AvgIpc) is 3.43. The molecule has 4 aromatic rings. The Morgan fingerprint density at radius 3 is 2.30 bits per heavy atom. The summed E-state index contributed by atoms with van der Waals surface area (Å²) < 4.78 is 13.1. The zero-order chi connectivity index (χ0) is 25.3. The van der Waals surface area contributed by atoms with E-state index in [0.717, 1.165) is 28.5 Å². The highest BCUT2D eigenvalue weighted by atomic mass is 16.5. The van der Waals surface area contributed by atoms with Gasteiger partial charge < -0.3 is 9.47 Å². The summed E-state index contributed by atoms with van der Waals surface area (Å²) in [6, 6.07) is 22.6. The molecule has 2 aliphatic heterocycles.